The molecule has 1 aliphatic rings. The maximum absolute atomic E-state index is 13.4. The second-order valence-electron chi connectivity index (χ2n) is 7.57. The van der Waals surface area contributed by atoms with E-state index in [4.69, 9.17) is 11.6 Å². The van der Waals surface area contributed by atoms with Crippen molar-refractivity contribution in [3.05, 3.63) is 82.1 Å². The highest BCUT2D eigenvalue weighted by molar-refractivity contribution is 6.31. The first-order chi connectivity index (χ1) is 14.4. The standard InChI is InChI=1S/C23H22ClN3O3/c1-14-13-15(2)27(25-14)17-9-7-16(8-10-17)22(28)26-20(11-12-21(26)23(29)30)18-5-3-4-6-19(18)24/h3-10,13,20-21H,11-12H2,1-2H3,(H,29,30)/t20?,21-/m0/s1. The Morgan fingerprint density at radius 1 is 1.07 bits per heavy atom. The molecular formula is C23H22ClN3O3. The van der Waals surface area contributed by atoms with Gasteiger partial charge in [0.25, 0.3) is 5.91 Å². The van der Waals surface area contributed by atoms with Crippen molar-refractivity contribution < 1.29 is 14.7 Å². The van der Waals surface area contributed by atoms with Crippen molar-refractivity contribution in [3.63, 3.8) is 0 Å². The Morgan fingerprint density at radius 3 is 2.37 bits per heavy atom. The predicted octanol–water partition coefficient (Wildman–Crippen LogP) is 4.57. The molecule has 0 radical (unpaired) electrons. The van der Waals surface area contributed by atoms with Crippen LogP contribution in [0.4, 0.5) is 0 Å². The number of aromatic nitrogens is 2. The lowest BCUT2D eigenvalue weighted by Gasteiger charge is -2.29. The summed E-state index contributed by atoms with van der Waals surface area (Å²) in [5.41, 5.74) is 3.96. The van der Waals surface area contributed by atoms with E-state index in [1.807, 2.05) is 54.9 Å². The number of hydrogen-bond donors (Lipinski definition) is 1. The molecular weight excluding hydrogens is 402 g/mol. The van der Waals surface area contributed by atoms with E-state index in [9.17, 15) is 14.7 Å². The van der Waals surface area contributed by atoms with Crippen LogP contribution in [0.5, 0.6) is 0 Å². The number of nitrogens with zero attached hydrogens (tertiary/aromatic N) is 3. The van der Waals surface area contributed by atoms with Gasteiger partial charge in [0.2, 0.25) is 0 Å². The van der Waals surface area contributed by atoms with Gasteiger partial charge in [-0.1, -0.05) is 29.8 Å². The first-order valence-electron chi connectivity index (χ1n) is 9.80. The highest BCUT2D eigenvalue weighted by Gasteiger charge is 2.42. The summed E-state index contributed by atoms with van der Waals surface area (Å²) in [6.45, 7) is 3.89. The molecule has 7 heteroatoms. The molecule has 30 heavy (non-hydrogen) atoms. The van der Waals surface area contributed by atoms with Gasteiger partial charge in [0.05, 0.1) is 17.4 Å². The second-order valence-corrected chi connectivity index (χ2v) is 7.97. The third-order valence-electron chi connectivity index (χ3n) is 5.54. The maximum Gasteiger partial charge on any atom is 0.326 e. The van der Waals surface area contributed by atoms with Gasteiger partial charge in [0.15, 0.2) is 0 Å². The smallest absolute Gasteiger partial charge is 0.326 e. The Labute approximate surface area is 179 Å². The summed E-state index contributed by atoms with van der Waals surface area (Å²) in [7, 11) is 0. The Bertz CT molecular complexity index is 1110. The summed E-state index contributed by atoms with van der Waals surface area (Å²) in [6, 6.07) is 15.1. The van der Waals surface area contributed by atoms with Crippen LogP contribution in [0.1, 0.15) is 46.2 Å². The number of amides is 1. The van der Waals surface area contributed by atoms with Gasteiger partial charge in [-0.05, 0) is 68.7 Å². The average molecular weight is 424 g/mol. The van der Waals surface area contributed by atoms with E-state index in [-0.39, 0.29) is 11.9 Å². The number of likely N-dealkylation sites (tertiary alicyclic amines) is 1. The van der Waals surface area contributed by atoms with Gasteiger partial charge in [-0.3, -0.25) is 4.79 Å². The molecule has 2 atom stereocenters. The molecule has 154 valence electrons. The Hall–Kier alpha value is -3.12. The number of rotatable bonds is 4. The van der Waals surface area contributed by atoms with Gasteiger partial charge < -0.3 is 10.0 Å². The van der Waals surface area contributed by atoms with Gasteiger partial charge >= 0.3 is 5.97 Å². The predicted molar refractivity (Wildman–Crippen MR) is 114 cm³/mol. The average Bonchev–Trinajstić information content (AvgIpc) is 3.31. The van der Waals surface area contributed by atoms with Crippen LogP contribution < -0.4 is 0 Å². The lowest BCUT2D eigenvalue weighted by Crippen LogP contribution is -2.41. The molecule has 1 fully saturated rings. The SMILES string of the molecule is Cc1cc(C)n(-c2ccc(C(=O)N3C(c4ccccc4Cl)CC[C@H]3C(=O)O)cc2)n1. The summed E-state index contributed by atoms with van der Waals surface area (Å²) in [4.78, 5) is 26.7. The summed E-state index contributed by atoms with van der Waals surface area (Å²) < 4.78 is 1.81. The van der Waals surface area contributed by atoms with E-state index in [1.54, 1.807) is 18.2 Å². The number of carbonyl (C=O) groups is 2. The lowest BCUT2D eigenvalue weighted by atomic mass is 10.0. The fraction of sp³-hybridized carbons (Fsp3) is 0.261. The molecule has 1 amide bonds. The van der Waals surface area contributed by atoms with Gasteiger partial charge in [0, 0.05) is 16.3 Å². The first-order valence-corrected chi connectivity index (χ1v) is 10.2. The molecule has 6 nitrogen and oxygen atoms in total. The fourth-order valence-electron chi connectivity index (χ4n) is 4.17. The van der Waals surface area contributed by atoms with E-state index in [1.165, 1.54) is 4.90 Å². The zero-order chi connectivity index (χ0) is 21.4. The van der Waals surface area contributed by atoms with Crippen molar-refractivity contribution in [2.75, 3.05) is 0 Å². The van der Waals surface area contributed by atoms with Crippen LogP contribution in [-0.2, 0) is 4.79 Å². The van der Waals surface area contributed by atoms with Crippen molar-refractivity contribution in [3.8, 4) is 5.69 Å². The zero-order valence-electron chi connectivity index (χ0n) is 16.7. The van der Waals surface area contributed by atoms with Crippen LogP contribution in [0, 0.1) is 13.8 Å². The van der Waals surface area contributed by atoms with E-state index in [0.29, 0.717) is 23.4 Å². The molecule has 1 N–H and O–H groups in total. The maximum atomic E-state index is 13.4. The molecule has 1 aromatic heterocycles. The quantitative estimate of drug-likeness (QED) is 0.666. The van der Waals surface area contributed by atoms with Crippen LogP contribution in [0.25, 0.3) is 5.69 Å². The summed E-state index contributed by atoms with van der Waals surface area (Å²) in [5.74, 6) is -1.32. The number of hydrogen-bond acceptors (Lipinski definition) is 3. The number of halogens is 1. The van der Waals surface area contributed by atoms with Crippen molar-refractivity contribution in [1.29, 1.82) is 0 Å². The monoisotopic (exact) mass is 423 g/mol. The number of carboxylic acids is 1. The first kappa shape index (κ1) is 20.2. The molecule has 1 saturated heterocycles. The normalized spacial score (nSPS) is 18.6. The van der Waals surface area contributed by atoms with Crippen LogP contribution in [-0.4, -0.2) is 37.7 Å². The molecule has 0 spiro atoms. The van der Waals surface area contributed by atoms with Crippen LogP contribution in [0.15, 0.2) is 54.6 Å². The third-order valence-corrected chi connectivity index (χ3v) is 5.88. The topological polar surface area (TPSA) is 75.4 Å². The highest BCUT2D eigenvalue weighted by Crippen LogP contribution is 2.40. The molecule has 1 aliphatic heterocycles. The molecule has 2 aromatic carbocycles. The highest BCUT2D eigenvalue weighted by atomic mass is 35.5. The van der Waals surface area contributed by atoms with Crippen LogP contribution in [0.3, 0.4) is 0 Å². The van der Waals surface area contributed by atoms with Gasteiger partial charge in [-0.2, -0.15) is 5.10 Å². The number of carbonyl (C=O) groups excluding carboxylic acids is 1. The number of aliphatic carboxylic acids is 1. The van der Waals surface area contributed by atoms with E-state index >= 15 is 0 Å². The number of carboxylic acid groups (broad SMARTS) is 1. The minimum atomic E-state index is -1.00. The Balaban J connectivity index is 1.67. The molecule has 3 aromatic rings. The second kappa shape index (κ2) is 7.95. The molecule has 0 aliphatic carbocycles. The number of aryl methyl sites for hydroxylation is 2. The van der Waals surface area contributed by atoms with Gasteiger partial charge in [-0.25, -0.2) is 9.48 Å². The van der Waals surface area contributed by atoms with E-state index in [2.05, 4.69) is 5.10 Å². The third kappa shape index (κ3) is 3.59. The molecule has 0 bridgehead atoms. The summed E-state index contributed by atoms with van der Waals surface area (Å²) in [6.07, 6.45) is 0.942. The van der Waals surface area contributed by atoms with Gasteiger partial charge in [-0.15, -0.1) is 0 Å². The van der Waals surface area contributed by atoms with Crippen molar-refractivity contribution >= 4 is 23.5 Å². The van der Waals surface area contributed by atoms with E-state index in [0.717, 1.165) is 22.6 Å². The van der Waals surface area contributed by atoms with Crippen molar-refractivity contribution in [2.24, 2.45) is 0 Å². The van der Waals surface area contributed by atoms with Crippen molar-refractivity contribution in [1.82, 2.24) is 14.7 Å². The Kier molecular flexibility index (Phi) is 5.35. The Morgan fingerprint density at radius 2 is 1.77 bits per heavy atom. The molecule has 2 heterocycles. The molecule has 1 unspecified atom stereocenters. The van der Waals surface area contributed by atoms with E-state index < -0.39 is 12.0 Å². The molecule has 4 rings (SSSR count). The minimum absolute atomic E-state index is 0.315. The molecule has 0 saturated carbocycles. The largest absolute Gasteiger partial charge is 0.480 e. The summed E-state index contributed by atoms with van der Waals surface area (Å²) >= 11 is 6.36. The van der Waals surface area contributed by atoms with Gasteiger partial charge in [0.1, 0.15) is 6.04 Å². The van der Waals surface area contributed by atoms with Crippen molar-refractivity contribution in [2.45, 2.75) is 38.8 Å². The fourth-order valence-corrected chi connectivity index (χ4v) is 4.43. The number of benzene rings is 2. The minimum Gasteiger partial charge on any atom is -0.480 e. The van der Waals surface area contributed by atoms with Crippen LogP contribution >= 0.6 is 11.6 Å². The zero-order valence-corrected chi connectivity index (χ0v) is 17.5. The lowest BCUT2D eigenvalue weighted by molar-refractivity contribution is -0.141. The van der Waals surface area contributed by atoms with Crippen LogP contribution in [0.2, 0.25) is 5.02 Å². The summed E-state index contributed by atoms with van der Waals surface area (Å²) in [5, 5.41) is 14.7.